The first-order valence-electron chi connectivity index (χ1n) is 6.69. The van der Waals surface area contributed by atoms with E-state index in [1.807, 2.05) is 54.6 Å². The Morgan fingerprint density at radius 1 is 0.905 bits per heavy atom. The number of anilines is 3. The molecule has 0 N–H and O–H groups in total. The van der Waals surface area contributed by atoms with Gasteiger partial charge >= 0.3 is 10.2 Å². The molecule has 0 aliphatic carbocycles. The number of halogens is 1. The Morgan fingerprint density at radius 3 is 2.19 bits per heavy atom. The third-order valence-electron chi connectivity index (χ3n) is 3.36. The van der Waals surface area contributed by atoms with Gasteiger partial charge in [0, 0.05) is 11.9 Å². The highest BCUT2D eigenvalue weighted by Gasteiger charge is 2.40. The van der Waals surface area contributed by atoms with E-state index in [1.165, 1.54) is 8.61 Å². The van der Waals surface area contributed by atoms with Crippen molar-refractivity contribution in [2.24, 2.45) is 0 Å². The Bertz CT molecular complexity index is 734. The summed E-state index contributed by atoms with van der Waals surface area (Å²) in [4.78, 5) is 0. The summed E-state index contributed by atoms with van der Waals surface area (Å²) in [5, 5.41) is 0.770. The van der Waals surface area contributed by atoms with Crippen molar-refractivity contribution in [1.82, 2.24) is 0 Å². The van der Waals surface area contributed by atoms with E-state index in [1.54, 1.807) is 0 Å². The van der Waals surface area contributed by atoms with Crippen LogP contribution < -0.4 is 8.61 Å². The van der Waals surface area contributed by atoms with Crippen molar-refractivity contribution in [2.75, 3.05) is 20.5 Å². The van der Waals surface area contributed by atoms with Crippen molar-refractivity contribution >= 4 is 43.2 Å². The number of fused-ring (bicyclic) bond motifs is 1. The highest BCUT2D eigenvalue weighted by atomic mass is 79.9. The maximum atomic E-state index is 12.9. The molecule has 21 heavy (non-hydrogen) atoms. The Morgan fingerprint density at radius 2 is 1.52 bits per heavy atom. The molecule has 2 aromatic rings. The van der Waals surface area contributed by atoms with Crippen LogP contribution in [0.4, 0.5) is 17.1 Å². The fraction of sp³-hybridized carbons (Fsp3) is 0.200. The lowest BCUT2D eigenvalue weighted by atomic mass is 10.2. The number of hydrogen-bond donors (Lipinski definition) is 0. The van der Waals surface area contributed by atoms with Crippen LogP contribution in [-0.4, -0.2) is 20.3 Å². The number of para-hydroxylation sites is 3. The molecule has 0 amide bonds. The van der Waals surface area contributed by atoms with E-state index in [0.29, 0.717) is 17.9 Å². The first-order valence-corrected chi connectivity index (χ1v) is 9.21. The van der Waals surface area contributed by atoms with Crippen molar-refractivity contribution in [1.29, 1.82) is 0 Å². The average Bonchev–Trinajstić information content (AvgIpc) is 2.72. The van der Waals surface area contributed by atoms with Crippen molar-refractivity contribution in [3.05, 3.63) is 54.6 Å². The minimum atomic E-state index is -3.57. The van der Waals surface area contributed by atoms with Crippen LogP contribution >= 0.6 is 15.9 Å². The fourth-order valence-electron chi connectivity index (χ4n) is 2.47. The largest absolute Gasteiger partial charge is 0.330 e. The molecule has 0 aromatic heterocycles. The van der Waals surface area contributed by atoms with Gasteiger partial charge in [-0.1, -0.05) is 46.3 Å². The van der Waals surface area contributed by atoms with Gasteiger partial charge in [0.2, 0.25) is 0 Å². The van der Waals surface area contributed by atoms with E-state index in [2.05, 4.69) is 15.9 Å². The predicted molar refractivity (Wildman–Crippen MR) is 89.7 cm³/mol. The Labute approximate surface area is 133 Å². The summed E-state index contributed by atoms with van der Waals surface area (Å²) in [6.45, 7) is 0.466. The van der Waals surface area contributed by atoms with Gasteiger partial charge in [0.25, 0.3) is 0 Å². The molecule has 0 saturated carbocycles. The van der Waals surface area contributed by atoms with E-state index in [-0.39, 0.29) is 0 Å². The molecule has 0 bridgehead atoms. The first-order chi connectivity index (χ1) is 10.2. The van der Waals surface area contributed by atoms with Gasteiger partial charge in [0.1, 0.15) is 0 Å². The molecule has 1 aliphatic heterocycles. The quantitative estimate of drug-likeness (QED) is 0.774. The summed E-state index contributed by atoms with van der Waals surface area (Å²) in [6, 6.07) is 16.6. The van der Waals surface area contributed by atoms with Crippen molar-refractivity contribution in [2.45, 2.75) is 6.42 Å². The average molecular weight is 367 g/mol. The molecule has 0 radical (unpaired) electrons. The molecule has 4 nitrogen and oxygen atoms in total. The molecule has 0 spiro atoms. The molecule has 0 fully saturated rings. The number of hydrogen-bond acceptors (Lipinski definition) is 2. The van der Waals surface area contributed by atoms with Crippen LogP contribution in [0, 0.1) is 0 Å². The smallest absolute Gasteiger partial charge is 0.251 e. The molecule has 6 heteroatoms. The summed E-state index contributed by atoms with van der Waals surface area (Å²) in [5.74, 6) is 0. The van der Waals surface area contributed by atoms with Crippen molar-refractivity contribution in [3.63, 3.8) is 0 Å². The van der Waals surface area contributed by atoms with Crippen LogP contribution in [0.1, 0.15) is 6.42 Å². The summed E-state index contributed by atoms with van der Waals surface area (Å²) in [5.41, 5.74) is 2.10. The van der Waals surface area contributed by atoms with Gasteiger partial charge in [-0.25, -0.2) is 4.31 Å². The molecule has 0 saturated heterocycles. The number of rotatable bonds is 4. The topological polar surface area (TPSA) is 40.6 Å². The van der Waals surface area contributed by atoms with E-state index in [9.17, 15) is 8.42 Å². The first kappa shape index (κ1) is 14.4. The zero-order valence-corrected chi connectivity index (χ0v) is 13.7. The SMILES string of the molecule is O=S1(=O)N(CCCBr)c2ccccc2N1c1ccccc1. The molecule has 0 unspecified atom stereocenters. The summed E-state index contributed by atoms with van der Waals surface area (Å²) in [7, 11) is -3.57. The fourth-order valence-corrected chi connectivity index (χ4v) is 4.47. The third-order valence-corrected chi connectivity index (χ3v) is 5.73. The van der Waals surface area contributed by atoms with Gasteiger partial charge in [0.05, 0.1) is 17.1 Å². The maximum absolute atomic E-state index is 12.9. The predicted octanol–water partition coefficient (Wildman–Crippen LogP) is 3.67. The zero-order valence-electron chi connectivity index (χ0n) is 11.3. The standard InChI is InChI=1S/C15H15BrN2O2S/c16-11-6-12-17-14-9-4-5-10-15(14)18(21(17,19)20)13-7-2-1-3-8-13/h1-5,7-10H,6,11-12H2. The van der Waals surface area contributed by atoms with Crippen LogP contribution in [0.5, 0.6) is 0 Å². The maximum Gasteiger partial charge on any atom is 0.330 e. The lowest BCUT2D eigenvalue weighted by Crippen LogP contribution is -2.36. The molecule has 2 aromatic carbocycles. The van der Waals surface area contributed by atoms with E-state index in [0.717, 1.165) is 17.4 Å². The Kier molecular flexibility index (Phi) is 3.91. The van der Waals surface area contributed by atoms with Gasteiger partial charge in [0.15, 0.2) is 0 Å². The molecule has 1 aliphatic rings. The molecule has 3 rings (SSSR count). The van der Waals surface area contributed by atoms with Gasteiger partial charge in [-0.2, -0.15) is 8.42 Å². The monoisotopic (exact) mass is 366 g/mol. The minimum Gasteiger partial charge on any atom is -0.251 e. The summed E-state index contributed by atoms with van der Waals surface area (Å²) >= 11 is 3.36. The van der Waals surface area contributed by atoms with Crippen LogP contribution in [0.25, 0.3) is 0 Å². The Hall–Kier alpha value is -1.53. The summed E-state index contributed by atoms with van der Waals surface area (Å²) < 4.78 is 28.7. The van der Waals surface area contributed by atoms with Crippen LogP contribution in [0.3, 0.4) is 0 Å². The van der Waals surface area contributed by atoms with Gasteiger partial charge in [-0.3, -0.25) is 4.31 Å². The van der Waals surface area contributed by atoms with E-state index >= 15 is 0 Å². The summed E-state index contributed by atoms with van der Waals surface area (Å²) in [6.07, 6.45) is 0.760. The second-order valence-corrected chi connectivity index (χ2v) is 7.21. The van der Waals surface area contributed by atoms with Gasteiger partial charge < -0.3 is 0 Å². The van der Waals surface area contributed by atoms with Gasteiger partial charge in [-0.15, -0.1) is 0 Å². The third kappa shape index (κ3) is 2.42. The lowest BCUT2D eigenvalue weighted by Gasteiger charge is -2.21. The second-order valence-electron chi connectivity index (χ2n) is 4.71. The van der Waals surface area contributed by atoms with Crippen molar-refractivity contribution in [3.8, 4) is 0 Å². The van der Waals surface area contributed by atoms with Crippen molar-refractivity contribution < 1.29 is 8.42 Å². The molecule has 110 valence electrons. The van der Waals surface area contributed by atoms with Crippen LogP contribution in [0.15, 0.2) is 54.6 Å². The molecule has 1 heterocycles. The van der Waals surface area contributed by atoms with E-state index < -0.39 is 10.2 Å². The number of benzene rings is 2. The lowest BCUT2D eigenvalue weighted by molar-refractivity contribution is 0.593. The molecular weight excluding hydrogens is 352 g/mol. The number of alkyl halides is 1. The van der Waals surface area contributed by atoms with Gasteiger partial charge in [-0.05, 0) is 30.7 Å². The highest BCUT2D eigenvalue weighted by molar-refractivity contribution is 9.09. The number of nitrogens with zero attached hydrogens (tertiary/aromatic N) is 2. The minimum absolute atomic E-state index is 0.466. The van der Waals surface area contributed by atoms with E-state index in [4.69, 9.17) is 0 Å². The molecular formula is C15H15BrN2O2S. The van der Waals surface area contributed by atoms with Crippen LogP contribution in [0.2, 0.25) is 0 Å². The molecule has 0 atom stereocenters. The normalized spacial score (nSPS) is 16.0. The highest BCUT2D eigenvalue weighted by Crippen LogP contribution is 2.44. The van der Waals surface area contributed by atoms with Crippen LogP contribution in [-0.2, 0) is 10.2 Å². The zero-order chi connectivity index (χ0) is 14.9. The Balaban J connectivity index is 2.13. The second kappa shape index (κ2) is 5.69.